The SMILES string of the molecule is COc1cc(C(=O)OCC(=O)Nc2c(C)nn(-c3ccccc3)c2C)ccc1OCc1ccccc1. The standard InChI is InChI=1S/C28H27N3O5/c1-19-27(20(2)31(30-19)23-12-8-5-9-13-23)29-26(32)18-36-28(33)22-14-15-24(25(16-22)34-3)35-17-21-10-6-4-7-11-21/h4-16H,17-18H2,1-3H3,(H,29,32). The number of para-hydroxylation sites is 1. The molecule has 8 heteroatoms. The van der Waals surface area contributed by atoms with E-state index in [0.717, 1.165) is 16.9 Å². The summed E-state index contributed by atoms with van der Waals surface area (Å²) in [5.74, 6) is -0.218. The quantitative estimate of drug-likeness (QED) is 0.340. The predicted octanol–water partition coefficient (Wildman–Crippen LogP) is 4.87. The molecule has 1 amide bonds. The lowest BCUT2D eigenvalue weighted by Gasteiger charge is -2.12. The van der Waals surface area contributed by atoms with Crippen LogP contribution < -0.4 is 14.8 Å². The summed E-state index contributed by atoms with van der Waals surface area (Å²) in [5.41, 5.74) is 4.16. The zero-order valence-corrected chi connectivity index (χ0v) is 20.4. The maximum Gasteiger partial charge on any atom is 0.338 e. The highest BCUT2D eigenvalue weighted by Crippen LogP contribution is 2.29. The van der Waals surface area contributed by atoms with E-state index in [9.17, 15) is 9.59 Å². The highest BCUT2D eigenvalue weighted by molar-refractivity contribution is 5.96. The molecule has 1 N–H and O–H groups in total. The van der Waals surface area contributed by atoms with E-state index in [2.05, 4.69) is 10.4 Å². The molecule has 0 aliphatic carbocycles. The van der Waals surface area contributed by atoms with Crippen LogP contribution in [0.4, 0.5) is 5.69 Å². The van der Waals surface area contributed by atoms with Gasteiger partial charge < -0.3 is 19.5 Å². The Labute approximate surface area is 209 Å². The molecule has 1 heterocycles. The average Bonchev–Trinajstić information content (AvgIpc) is 3.19. The molecule has 4 rings (SSSR count). The van der Waals surface area contributed by atoms with Crippen LogP contribution in [0.25, 0.3) is 5.69 Å². The molecule has 0 aliphatic heterocycles. The molecule has 36 heavy (non-hydrogen) atoms. The van der Waals surface area contributed by atoms with Gasteiger partial charge in [0.05, 0.1) is 35.4 Å². The molecule has 3 aromatic carbocycles. The molecule has 0 bridgehead atoms. The van der Waals surface area contributed by atoms with Crippen molar-refractivity contribution >= 4 is 17.6 Å². The molecular weight excluding hydrogens is 458 g/mol. The van der Waals surface area contributed by atoms with Crippen molar-refractivity contribution < 1.29 is 23.8 Å². The van der Waals surface area contributed by atoms with Crippen molar-refractivity contribution in [3.63, 3.8) is 0 Å². The Balaban J connectivity index is 1.36. The van der Waals surface area contributed by atoms with Gasteiger partial charge in [-0.25, -0.2) is 9.48 Å². The third-order valence-electron chi connectivity index (χ3n) is 5.53. The van der Waals surface area contributed by atoms with Gasteiger partial charge in [-0.15, -0.1) is 0 Å². The number of ether oxygens (including phenoxy) is 3. The highest BCUT2D eigenvalue weighted by atomic mass is 16.5. The molecular formula is C28H27N3O5. The van der Waals surface area contributed by atoms with Gasteiger partial charge in [0.1, 0.15) is 6.61 Å². The van der Waals surface area contributed by atoms with E-state index in [-0.39, 0.29) is 5.56 Å². The molecule has 0 atom stereocenters. The number of nitrogens with one attached hydrogen (secondary N) is 1. The van der Waals surface area contributed by atoms with E-state index in [1.54, 1.807) is 16.8 Å². The summed E-state index contributed by atoms with van der Waals surface area (Å²) in [4.78, 5) is 25.1. The zero-order chi connectivity index (χ0) is 25.5. The van der Waals surface area contributed by atoms with Gasteiger partial charge in [0, 0.05) is 0 Å². The minimum Gasteiger partial charge on any atom is -0.493 e. The molecule has 0 radical (unpaired) electrons. The van der Waals surface area contributed by atoms with E-state index < -0.39 is 18.5 Å². The second-order valence-corrected chi connectivity index (χ2v) is 8.06. The van der Waals surface area contributed by atoms with Gasteiger partial charge in [-0.1, -0.05) is 48.5 Å². The molecule has 0 spiro atoms. The fraction of sp³-hybridized carbons (Fsp3) is 0.179. The first-order valence-corrected chi connectivity index (χ1v) is 11.4. The Morgan fingerprint density at radius 3 is 2.31 bits per heavy atom. The Kier molecular flexibility index (Phi) is 7.65. The summed E-state index contributed by atoms with van der Waals surface area (Å²) < 4.78 is 18.2. The van der Waals surface area contributed by atoms with Gasteiger partial charge in [-0.2, -0.15) is 5.10 Å². The second-order valence-electron chi connectivity index (χ2n) is 8.06. The number of hydrogen-bond donors (Lipinski definition) is 1. The van der Waals surface area contributed by atoms with E-state index in [1.165, 1.54) is 13.2 Å². The molecule has 0 unspecified atom stereocenters. The van der Waals surface area contributed by atoms with E-state index in [4.69, 9.17) is 14.2 Å². The Bertz CT molecular complexity index is 1350. The molecule has 0 saturated heterocycles. The number of benzene rings is 3. The van der Waals surface area contributed by atoms with Gasteiger partial charge in [-0.3, -0.25) is 4.79 Å². The van der Waals surface area contributed by atoms with Crippen LogP contribution >= 0.6 is 0 Å². The molecule has 1 aromatic heterocycles. The van der Waals surface area contributed by atoms with Crippen molar-refractivity contribution in [2.24, 2.45) is 0 Å². The van der Waals surface area contributed by atoms with E-state index in [1.807, 2.05) is 74.5 Å². The van der Waals surface area contributed by atoms with Gasteiger partial charge in [0.15, 0.2) is 18.1 Å². The number of hydrogen-bond acceptors (Lipinski definition) is 6. The topological polar surface area (TPSA) is 91.7 Å². The second kappa shape index (κ2) is 11.2. The first kappa shape index (κ1) is 24.5. The van der Waals surface area contributed by atoms with Crippen molar-refractivity contribution in [1.29, 1.82) is 0 Å². The molecule has 4 aromatic rings. The monoisotopic (exact) mass is 485 g/mol. The Morgan fingerprint density at radius 1 is 0.917 bits per heavy atom. The van der Waals surface area contributed by atoms with Gasteiger partial charge in [-0.05, 0) is 49.7 Å². The average molecular weight is 486 g/mol. The van der Waals surface area contributed by atoms with Crippen molar-refractivity contribution in [3.05, 3.63) is 101 Å². The summed E-state index contributed by atoms with van der Waals surface area (Å²) in [5, 5.41) is 7.30. The summed E-state index contributed by atoms with van der Waals surface area (Å²) in [6.45, 7) is 3.59. The smallest absolute Gasteiger partial charge is 0.338 e. The van der Waals surface area contributed by atoms with Crippen molar-refractivity contribution in [1.82, 2.24) is 9.78 Å². The lowest BCUT2D eigenvalue weighted by Crippen LogP contribution is -2.21. The minimum atomic E-state index is -0.647. The van der Waals surface area contributed by atoms with Crippen LogP contribution in [0, 0.1) is 13.8 Å². The molecule has 0 aliphatic rings. The van der Waals surface area contributed by atoms with Crippen LogP contribution in [0.2, 0.25) is 0 Å². The van der Waals surface area contributed by atoms with Crippen LogP contribution in [0.15, 0.2) is 78.9 Å². The fourth-order valence-corrected chi connectivity index (χ4v) is 3.68. The Morgan fingerprint density at radius 2 is 1.61 bits per heavy atom. The van der Waals surface area contributed by atoms with Crippen molar-refractivity contribution in [2.45, 2.75) is 20.5 Å². The number of esters is 1. The van der Waals surface area contributed by atoms with Crippen LogP contribution in [0.1, 0.15) is 27.3 Å². The first-order chi connectivity index (χ1) is 17.5. The number of carbonyl (C=O) groups is 2. The van der Waals surface area contributed by atoms with Crippen LogP contribution in [-0.4, -0.2) is 35.4 Å². The number of amides is 1. The van der Waals surface area contributed by atoms with E-state index >= 15 is 0 Å². The number of methoxy groups -OCH3 is 1. The lowest BCUT2D eigenvalue weighted by atomic mass is 10.2. The fourth-order valence-electron chi connectivity index (χ4n) is 3.68. The maximum absolute atomic E-state index is 12.6. The number of anilines is 1. The van der Waals surface area contributed by atoms with Crippen LogP contribution in [0.5, 0.6) is 11.5 Å². The molecule has 8 nitrogen and oxygen atoms in total. The molecule has 184 valence electrons. The molecule has 0 fully saturated rings. The summed E-state index contributed by atoms with van der Waals surface area (Å²) in [7, 11) is 1.49. The normalized spacial score (nSPS) is 10.5. The minimum absolute atomic E-state index is 0.246. The van der Waals surface area contributed by atoms with Crippen molar-refractivity contribution in [3.8, 4) is 17.2 Å². The summed E-state index contributed by atoms with van der Waals surface area (Å²) in [6.07, 6.45) is 0. The third-order valence-corrected chi connectivity index (χ3v) is 5.53. The lowest BCUT2D eigenvalue weighted by molar-refractivity contribution is -0.119. The number of aryl methyl sites for hydroxylation is 1. The third kappa shape index (κ3) is 5.72. The predicted molar refractivity (Wildman–Crippen MR) is 136 cm³/mol. The largest absolute Gasteiger partial charge is 0.493 e. The van der Waals surface area contributed by atoms with Gasteiger partial charge in [0.2, 0.25) is 0 Å². The molecule has 0 saturated carbocycles. The van der Waals surface area contributed by atoms with E-state index in [0.29, 0.717) is 29.5 Å². The number of nitrogens with zero attached hydrogens (tertiary/aromatic N) is 2. The highest BCUT2D eigenvalue weighted by Gasteiger charge is 2.18. The number of carbonyl (C=O) groups excluding carboxylic acids is 2. The summed E-state index contributed by atoms with van der Waals surface area (Å²) >= 11 is 0. The van der Waals surface area contributed by atoms with Crippen LogP contribution in [0.3, 0.4) is 0 Å². The Hall–Kier alpha value is -4.59. The number of rotatable bonds is 9. The van der Waals surface area contributed by atoms with Gasteiger partial charge in [0.25, 0.3) is 5.91 Å². The number of aromatic nitrogens is 2. The van der Waals surface area contributed by atoms with Gasteiger partial charge >= 0.3 is 5.97 Å². The zero-order valence-electron chi connectivity index (χ0n) is 20.4. The van der Waals surface area contributed by atoms with Crippen LogP contribution in [-0.2, 0) is 16.1 Å². The summed E-state index contributed by atoms with van der Waals surface area (Å²) in [6, 6.07) is 24.1. The first-order valence-electron chi connectivity index (χ1n) is 11.4. The maximum atomic E-state index is 12.6. The van der Waals surface area contributed by atoms with Crippen molar-refractivity contribution in [2.75, 3.05) is 19.0 Å².